The summed E-state index contributed by atoms with van der Waals surface area (Å²) in [7, 11) is 0. The predicted octanol–water partition coefficient (Wildman–Crippen LogP) is 2.06. The Morgan fingerprint density at radius 3 is 2.88 bits per heavy atom. The van der Waals surface area contributed by atoms with Gasteiger partial charge in [-0.3, -0.25) is 10.1 Å². The molecule has 0 aliphatic heterocycles. The Kier molecular flexibility index (Phi) is 5.28. The van der Waals surface area contributed by atoms with Gasteiger partial charge in [-0.25, -0.2) is 4.79 Å². The van der Waals surface area contributed by atoms with Crippen molar-refractivity contribution in [2.24, 2.45) is 17.8 Å². The molecule has 0 aromatic carbocycles. The molecule has 0 saturated heterocycles. The second-order valence-electron chi connectivity index (χ2n) is 6.80. The number of carbonyl (C=O) groups excluding carboxylic acids is 2. The highest BCUT2D eigenvalue weighted by molar-refractivity contribution is 7.99. The SMILES string of the molecule is C[C@H](NC(=O)NC(=O)CSc1cccc[n+]1[O-])[C@@H]1C[C@H]2CC[C@H]1C2. The van der Waals surface area contributed by atoms with E-state index in [1.807, 2.05) is 6.92 Å². The lowest BCUT2D eigenvalue weighted by Gasteiger charge is -2.28. The Hall–Kier alpha value is -1.76. The average molecular weight is 349 g/mol. The standard InChI is InChI=1S/C17H23N3O3S/c1-11(14-9-12-5-6-13(14)8-12)18-17(22)19-15(21)10-24-16-4-2-3-7-20(16)23/h2-4,7,11-14H,5-6,8-10H2,1H3,(H2,18,19,21,22)/t11-,12-,13-,14-/m0/s1. The molecule has 6 nitrogen and oxygen atoms in total. The minimum Gasteiger partial charge on any atom is -0.618 e. The Labute approximate surface area is 146 Å². The Bertz CT molecular complexity index is 625. The summed E-state index contributed by atoms with van der Waals surface area (Å²) in [5.74, 6) is 1.71. The summed E-state index contributed by atoms with van der Waals surface area (Å²) in [6.45, 7) is 2.02. The van der Waals surface area contributed by atoms with Crippen molar-refractivity contribution >= 4 is 23.7 Å². The Morgan fingerprint density at radius 2 is 2.21 bits per heavy atom. The molecule has 1 heterocycles. The summed E-state index contributed by atoms with van der Waals surface area (Å²) in [6.07, 6.45) is 6.46. The molecule has 130 valence electrons. The highest BCUT2D eigenvalue weighted by atomic mass is 32.2. The normalized spacial score (nSPS) is 26.1. The molecule has 2 aliphatic rings. The molecule has 0 spiro atoms. The van der Waals surface area contributed by atoms with Crippen molar-refractivity contribution < 1.29 is 14.3 Å². The maximum atomic E-state index is 12.0. The molecule has 2 bridgehead atoms. The van der Waals surface area contributed by atoms with Crippen LogP contribution in [0.1, 0.15) is 32.6 Å². The zero-order valence-corrected chi connectivity index (χ0v) is 14.6. The first-order valence-corrected chi connectivity index (χ1v) is 9.43. The van der Waals surface area contributed by atoms with Gasteiger partial charge in [0, 0.05) is 18.2 Å². The molecule has 3 amide bonds. The fourth-order valence-electron chi connectivity index (χ4n) is 4.08. The van der Waals surface area contributed by atoms with Crippen LogP contribution >= 0.6 is 11.8 Å². The van der Waals surface area contributed by atoms with E-state index in [4.69, 9.17) is 0 Å². The number of thioether (sulfide) groups is 1. The summed E-state index contributed by atoms with van der Waals surface area (Å²) < 4.78 is 0.704. The quantitative estimate of drug-likeness (QED) is 0.484. The number of urea groups is 1. The third kappa shape index (κ3) is 4.01. The predicted molar refractivity (Wildman–Crippen MR) is 91.2 cm³/mol. The van der Waals surface area contributed by atoms with E-state index in [9.17, 15) is 14.8 Å². The molecule has 3 rings (SSSR count). The summed E-state index contributed by atoms with van der Waals surface area (Å²) in [5, 5.41) is 17.2. The lowest BCUT2D eigenvalue weighted by atomic mass is 9.84. The maximum Gasteiger partial charge on any atom is 0.321 e. The number of imide groups is 1. The first-order valence-electron chi connectivity index (χ1n) is 8.44. The van der Waals surface area contributed by atoms with Crippen molar-refractivity contribution in [2.75, 3.05) is 5.75 Å². The number of pyridine rings is 1. The summed E-state index contributed by atoms with van der Waals surface area (Å²) in [5.41, 5.74) is 0. The zero-order valence-electron chi connectivity index (χ0n) is 13.7. The topological polar surface area (TPSA) is 85.1 Å². The van der Waals surface area contributed by atoms with Gasteiger partial charge in [-0.05, 0) is 61.8 Å². The van der Waals surface area contributed by atoms with Crippen LogP contribution in [0.15, 0.2) is 29.4 Å². The number of hydrogen-bond donors (Lipinski definition) is 2. The molecule has 2 N–H and O–H groups in total. The second kappa shape index (κ2) is 7.42. The number of rotatable bonds is 5. The molecule has 1 aromatic rings. The van der Waals surface area contributed by atoms with Crippen molar-refractivity contribution in [1.29, 1.82) is 0 Å². The molecule has 24 heavy (non-hydrogen) atoms. The van der Waals surface area contributed by atoms with Gasteiger partial charge < -0.3 is 10.5 Å². The number of amides is 3. The highest BCUT2D eigenvalue weighted by Gasteiger charge is 2.42. The van der Waals surface area contributed by atoms with Crippen LogP contribution in [0.3, 0.4) is 0 Å². The van der Waals surface area contributed by atoms with E-state index in [0.717, 1.165) is 23.6 Å². The monoisotopic (exact) mass is 349 g/mol. The molecule has 0 unspecified atom stereocenters. The van der Waals surface area contributed by atoms with Crippen molar-refractivity contribution in [3.63, 3.8) is 0 Å². The van der Waals surface area contributed by atoms with Gasteiger partial charge in [0.05, 0.1) is 5.75 Å². The molecule has 2 saturated carbocycles. The number of hydrogen-bond acceptors (Lipinski definition) is 4. The van der Waals surface area contributed by atoms with Gasteiger partial charge in [0.25, 0.3) is 5.03 Å². The van der Waals surface area contributed by atoms with Gasteiger partial charge in [-0.1, -0.05) is 6.42 Å². The third-order valence-corrected chi connectivity index (χ3v) is 6.20. The summed E-state index contributed by atoms with van der Waals surface area (Å²) in [6, 6.07) is 4.64. The van der Waals surface area contributed by atoms with Gasteiger partial charge in [0.1, 0.15) is 0 Å². The summed E-state index contributed by atoms with van der Waals surface area (Å²) in [4.78, 5) is 23.9. The highest BCUT2D eigenvalue weighted by Crippen LogP contribution is 2.49. The molecule has 2 fully saturated rings. The van der Waals surface area contributed by atoms with Gasteiger partial charge in [0.15, 0.2) is 6.20 Å². The molecular formula is C17H23N3O3S. The van der Waals surface area contributed by atoms with E-state index >= 15 is 0 Å². The minimum absolute atomic E-state index is 0.0299. The van der Waals surface area contributed by atoms with Crippen molar-refractivity contribution in [1.82, 2.24) is 10.6 Å². The van der Waals surface area contributed by atoms with Crippen LogP contribution < -0.4 is 15.4 Å². The molecule has 2 aliphatic carbocycles. The fourth-order valence-corrected chi connectivity index (χ4v) is 4.80. The van der Waals surface area contributed by atoms with Crippen LogP contribution in [-0.2, 0) is 4.79 Å². The van der Waals surface area contributed by atoms with Crippen molar-refractivity contribution in [3.05, 3.63) is 29.6 Å². The molecule has 1 aromatic heterocycles. The van der Waals surface area contributed by atoms with Crippen LogP contribution in [0.4, 0.5) is 4.79 Å². The average Bonchev–Trinajstić information content (AvgIpc) is 3.17. The lowest BCUT2D eigenvalue weighted by molar-refractivity contribution is -0.645. The Morgan fingerprint density at radius 1 is 1.38 bits per heavy atom. The van der Waals surface area contributed by atoms with Crippen molar-refractivity contribution in [3.8, 4) is 0 Å². The first-order chi connectivity index (χ1) is 11.5. The molecule has 4 atom stereocenters. The molecule has 7 heteroatoms. The number of fused-ring (bicyclic) bond motifs is 2. The van der Waals surface area contributed by atoms with Gasteiger partial charge in [0.2, 0.25) is 5.91 Å². The molecular weight excluding hydrogens is 326 g/mol. The second-order valence-corrected chi connectivity index (χ2v) is 7.80. The smallest absolute Gasteiger partial charge is 0.321 e. The number of aromatic nitrogens is 1. The largest absolute Gasteiger partial charge is 0.618 e. The number of nitrogens with one attached hydrogen (secondary N) is 2. The third-order valence-electron chi connectivity index (χ3n) is 5.19. The zero-order chi connectivity index (χ0) is 17.1. The van der Waals surface area contributed by atoms with E-state index < -0.39 is 11.9 Å². The van der Waals surface area contributed by atoms with Crippen LogP contribution in [0, 0.1) is 23.0 Å². The lowest BCUT2D eigenvalue weighted by Crippen LogP contribution is -2.47. The van der Waals surface area contributed by atoms with Crippen LogP contribution in [0.5, 0.6) is 0 Å². The van der Waals surface area contributed by atoms with Gasteiger partial charge in [-0.2, -0.15) is 4.73 Å². The van der Waals surface area contributed by atoms with Crippen LogP contribution in [-0.4, -0.2) is 23.7 Å². The van der Waals surface area contributed by atoms with Gasteiger partial charge >= 0.3 is 6.03 Å². The van der Waals surface area contributed by atoms with E-state index in [1.165, 1.54) is 31.9 Å². The first kappa shape index (κ1) is 17.1. The summed E-state index contributed by atoms with van der Waals surface area (Å²) >= 11 is 1.11. The Balaban J connectivity index is 1.41. The minimum atomic E-state index is -0.445. The van der Waals surface area contributed by atoms with Gasteiger partial charge in [-0.15, -0.1) is 0 Å². The number of nitrogens with zero attached hydrogens (tertiary/aromatic N) is 1. The fraction of sp³-hybridized carbons (Fsp3) is 0.588. The maximum absolute atomic E-state index is 12.0. The van der Waals surface area contributed by atoms with Crippen LogP contribution in [0.25, 0.3) is 0 Å². The van der Waals surface area contributed by atoms with Crippen LogP contribution in [0.2, 0.25) is 0 Å². The van der Waals surface area contributed by atoms with E-state index in [2.05, 4.69) is 10.6 Å². The van der Waals surface area contributed by atoms with E-state index in [0.29, 0.717) is 15.7 Å². The van der Waals surface area contributed by atoms with E-state index in [-0.39, 0.29) is 11.8 Å². The van der Waals surface area contributed by atoms with E-state index in [1.54, 1.807) is 18.2 Å². The number of carbonyl (C=O) groups is 2. The molecule has 0 radical (unpaired) electrons. The van der Waals surface area contributed by atoms with Crippen molar-refractivity contribution in [2.45, 2.75) is 43.7 Å².